The molecule has 0 aliphatic rings. The van der Waals surface area contributed by atoms with E-state index in [1.165, 1.54) is 0 Å². The Hall–Kier alpha value is -1.62. The molecule has 1 aromatic heterocycles. The van der Waals surface area contributed by atoms with Gasteiger partial charge in [0.1, 0.15) is 12.4 Å². The van der Waals surface area contributed by atoms with E-state index < -0.39 is 0 Å². The lowest BCUT2D eigenvalue weighted by molar-refractivity contribution is 0.101. The first-order valence-electron chi connectivity index (χ1n) is 6.48. The Morgan fingerprint density at radius 3 is 2.85 bits per heavy atom. The lowest BCUT2D eigenvalue weighted by atomic mass is 10.1. The van der Waals surface area contributed by atoms with Crippen molar-refractivity contribution in [3.05, 3.63) is 45.7 Å². The summed E-state index contributed by atoms with van der Waals surface area (Å²) in [5.74, 6) is 0.720. The van der Waals surface area contributed by atoms with E-state index in [9.17, 15) is 4.79 Å². The Bertz CT molecular complexity index is 635. The topological polar surface area (TPSA) is 44.1 Å². The minimum absolute atomic E-state index is 0.0334. The molecule has 4 nitrogen and oxygen atoms in total. The van der Waals surface area contributed by atoms with Gasteiger partial charge in [-0.2, -0.15) is 5.10 Å². The average molecular weight is 337 g/mol. The minimum atomic E-state index is 0.0334. The van der Waals surface area contributed by atoms with Crippen molar-refractivity contribution in [2.75, 3.05) is 0 Å². The van der Waals surface area contributed by atoms with E-state index >= 15 is 0 Å². The molecule has 0 aliphatic carbocycles. The maximum absolute atomic E-state index is 11.4. The maximum atomic E-state index is 11.4. The van der Waals surface area contributed by atoms with Crippen LogP contribution >= 0.6 is 15.9 Å². The van der Waals surface area contributed by atoms with Gasteiger partial charge >= 0.3 is 0 Å². The zero-order valence-corrected chi connectivity index (χ0v) is 13.4. The molecule has 20 heavy (non-hydrogen) atoms. The number of Topliss-reactive ketones (excluding diaryl/α,β-unsaturated/α-hetero) is 1. The lowest BCUT2D eigenvalue weighted by Crippen LogP contribution is -2.07. The van der Waals surface area contributed by atoms with Gasteiger partial charge in [-0.3, -0.25) is 9.48 Å². The van der Waals surface area contributed by atoms with Gasteiger partial charge in [0.2, 0.25) is 0 Å². The predicted octanol–water partition coefficient (Wildman–Crippen LogP) is 3.76. The van der Waals surface area contributed by atoms with Crippen LogP contribution in [-0.4, -0.2) is 15.6 Å². The van der Waals surface area contributed by atoms with Crippen molar-refractivity contribution in [3.8, 4) is 5.75 Å². The van der Waals surface area contributed by atoms with Crippen LogP contribution in [0.4, 0.5) is 0 Å². The van der Waals surface area contributed by atoms with Crippen molar-refractivity contribution in [2.45, 2.75) is 33.9 Å². The molecule has 0 amide bonds. The highest BCUT2D eigenvalue weighted by atomic mass is 79.9. The van der Waals surface area contributed by atoms with Crippen LogP contribution in [0.15, 0.2) is 28.7 Å². The van der Waals surface area contributed by atoms with Crippen molar-refractivity contribution in [1.82, 2.24) is 9.78 Å². The van der Waals surface area contributed by atoms with Gasteiger partial charge in [0.15, 0.2) is 5.78 Å². The zero-order chi connectivity index (χ0) is 14.7. The SMILES string of the molecule is CCn1nc(C)c(Br)c1COc1cccc(C(C)=O)c1. The first kappa shape index (κ1) is 14.8. The Kier molecular flexibility index (Phi) is 4.60. The minimum Gasteiger partial charge on any atom is -0.487 e. The molecule has 0 aliphatic heterocycles. The number of hydrogen-bond acceptors (Lipinski definition) is 3. The van der Waals surface area contributed by atoms with Gasteiger partial charge in [-0.1, -0.05) is 12.1 Å². The molecule has 0 bridgehead atoms. The molecule has 2 rings (SSSR count). The number of aromatic nitrogens is 2. The van der Waals surface area contributed by atoms with Crippen molar-refractivity contribution in [1.29, 1.82) is 0 Å². The predicted molar refractivity (Wildman–Crippen MR) is 81.1 cm³/mol. The molecule has 0 spiro atoms. The third kappa shape index (κ3) is 3.10. The lowest BCUT2D eigenvalue weighted by Gasteiger charge is -2.09. The van der Waals surface area contributed by atoms with Gasteiger partial charge < -0.3 is 4.74 Å². The number of ketones is 1. The summed E-state index contributed by atoms with van der Waals surface area (Å²) in [6.45, 7) is 6.75. The second kappa shape index (κ2) is 6.22. The standard InChI is InChI=1S/C15H17BrN2O2/c1-4-18-14(15(16)10(2)17-18)9-20-13-7-5-6-12(8-13)11(3)19/h5-8H,4,9H2,1-3H3. The molecule has 1 aromatic carbocycles. The van der Waals surface area contributed by atoms with Crippen LogP contribution in [0.25, 0.3) is 0 Å². The first-order valence-corrected chi connectivity index (χ1v) is 7.27. The van der Waals surface area contributed by atoms with E-state index in [2.05, 4.69) is 21.0 Å². The zero-order valence-electron chi connectivity index (χ0n) is 11.8. The maximum Gasteiger partial charge on any atom is 0.159 e. The van der Waals surface area contributed by atoms with Crippen LogP contribution in [0.3, 0.4) is 0 Å². The Morgan fingerprint density at radius 2 is 2.20 bits per heavy atom. The van der Waals surface area contributed by atoms with Gasteiger partial charge in [0.25, 0.3) is 0 Å². The normalized spacial score (nSPS) is 10.6. The summed E-state index contributed by atoms with van der Waals surface area (Å²) in [6, 6.07) is 7.21. The van der Waals surface area contributed by atoms with E-state index in [1.54, 1.807) is 19.1 Å². The molecule has 0 fully saturated rings. The summed E-state index contributed by atoms with van der Waals surface area (Å²) in [5.41, 5.74) is 2.60. The molecule has 0 saturated carbocycles. The molecule has 0 saturated heterocycles. The summed E-state index contributed by atoms with van der Waals surface area (Å²) in [5, 5.41) is 4.42. The molecule has 0 radical (unpaired) electrons. The smallest absolute Gasteiger partial charge is 0.159 e. The first-order chi connectivity index (χ1) is 9.52. The van der Waals surface area contributed by atoms with Crippen molar-refractivity contribution in [2.24, 2.45) is 0 Å². The Balaban J connectivity index is 2.16. The number of hydrogen-bond donors (Lipinski definition) is 0. The number of rotatable bonds is 5. The van der Waals surface area contributed by atoms with Gasteiger partial charge in [0, 0.05) is 12.1 Å². The molecular weight excluding hydrogens is 320 g/mol. The van der Waals surface area contributed by atoms with E-state index in [0.29, 0.717) is 17.9 Å². The van der Waals surface area contributed by atoms with Crippen molar-refractivity contribution >= 4 is 21.7 Å². The van der Waals surface area contributed by atoms with Crippen LogP contribution in [0.2, 0.25) is 0 Å². The molecule has 106 valence electrons. The highest BCUT2D eigenvalue weighted by Gasteiger charge is 2.12. The third-order valence-corrected chi connectivity index (χ3v) is 4.10. The number of nitrogens with zero attached hydrogens (tertiary/aromatic N) is 2. The molecule has 5 heteroatoms. The molecule has 0 N–H and O–H groups in total. The molecule has 0 atom stereocenters. The monoisotopic (exact) mass is 336 g/mol. The van der Waals surface area contributed by atoms with Crippen LogP contribution in [-0.2, 0) is 13.2 Å². The highest BCUT2D eigenvalue weighted by molar-refractivity contribution is 9.10. The molecule has 2 aromatic rings. The highest BCUT2D eigenvalue weighted by Crippen LogP contribution is 2.23. The number of halogens is 1. The largest absolute Gasteiger partial charge is 0.487 e. The van der Waals surface area contributed by atoms with Gasteiger partial charge in [-0.25, -0.2) is 0 Å². The van der Waals surface area contributed by atoms with Crippen LogP contribution in [0.5, 0.6) is 5.75 Å². The quantitative estimate of drug-likeness (QED) is 0.781. The summed E-state index contributed by atoms with van der Waals surface area (Å²) >= 11 is 3.54. The molecule has 1 heterocycles. The van der Waals surface area contributed by atoms with Gasteiger partial charge in [-0.05, 0) is 48.8 Å². The number of aryl methyl sites for hydroxylation is 2. The summed E-state index contributed by atoms with van der Waals surface area (Å²) in [7, 11) is 0. The molecular formula is C15H17BrN2O2. The average Bonchev–Trinajstić information content (AvgIpc) is 2.72. The number of carbonyl (C=O) groups excluding carboxylic acids is 1. The van der Waals surface area contributed by atoms with Crippen LogP contribution < -0.4 is 4.74 Å². The fourth-order valence-electron chi connectivity index (χ4n) is 1.96. The molecule has 0 unspecified atom stereocenters. The fraction of sp³-hybridized carbons (Fsp3) is 0.333. The van der Waals surface area contributed by atoms with E-state index in [0.717, 1.165) is 22.4 Å². The van der Waals surface area contributed by atoms with E-state index in [-0.39, 0.29) is 5.78 Å². The number of benzene rings is 1. The summed E-state index contributed by atoms with van der Waals surface area (Å²) < 4.78 is 8.66. The Labute approximate surface area is 126 Å². The number of ether oxygens (including phenoxy) is 1. The van der Waals surface area contributed by atoms with E-state index in [1.807, 2.05) is 30.7 Å². The summed E-state index contributed by atoms with van der Waals surface area (Å²) in [6.07, 6.45) is 0. The van der Waals surface area contributed by atoms with Crippen LogP contribution in [0, 0.1) is 6.92 Å². The third-order valence-electron chi connectivity index (χ3n) is 3.07. The van der Waals surface area contributed by atoms with Crippen LogP contribution in [0.1, 0.15) is 35.6 Å². The second-order valence-electron chi connectivity index (χ2n) is 4.53. The van der Waals surface area contributed by atoms with Gasteiger partial charge in [-0.15, -0.1) is 0 Å². The second-order valence-corrected chi connectivity index (χ2v) is 5.33. The fourth-order valence-corrected chi connectivity index (χ4v) is 2.36. The Morgan fingerprint density at radius 1 is 1.45 bits per heavy atom. The van der Waals surface area contributed by atoms with Gasteiger partial charge in [0.05, 0.1) is 15.9 Å². The number of carbonyl (C=O) groups is 1. The summed E-state index contributed by atoms with van der Waals surface area (Å²) in [4.78, 5) is 11.4. The van der Waals surface area contributed by atoms with Crippen molar-refractivity contribution in [3.63, 3.8) is 0 Å². The van der Waals surface area contributed by atoms with Crippen molar-refractivity contribution < 1.29 is 9.53 Å². The van der Waals surface area contributed by atoms with E-state index in [4.69, 9.17) is 4.74 Å².